The number of aliphatic carboxylic acids is 1. The van der Waals surface area contributed by atoms with Crippen molar-refractivity contribution in [3.8, 4) is 5.75 Å². The van der Waals surface area contributed by atoms with E-state index in [1.807, 2.05) is 37.3 Å². The molecule has 0 saturated heterocycles. The lowest BCUT2D eigenvalue weighted by Gasteiger charge is -2.09. The molecule has 0 spiro atoms. The number of rotatable bonds is 9. The van der Waals surface area contributed by atoms with E-state index in [0.29, 0.717) is 13.0 Å². The first kappa shape index (κ1) is 20.9. The monoisotopic (exact) mass is 410 g/mol. The summed E-state index contributed by atoms with van der Waals surface area (Å²) in [4.78, 5) is 11.9. The van der Waals surface area contributed by atoms with Crippen LogP contribution in [0.2, 0.25) is 0 Å². The Kier molecular flexibility index (Phi) is 7.30. The van der Waals surface area contributed by atoms with Crippen molar-refractivity contribution >= 4 is 17.7 Å². The highest BCUT2D eigenvalue weighted by molar-refractivity contribution is 7.98. The third-order valence-electron chi connectivity index (χ3n) is 4.57. The van der Waals surface area contributed by atoms with Gasteiger partial charge in [-0.25, -0.2) is 4.39 Å². The number of aryl methyl sites for hydroxylation is 2. The Balaban J connectivity index is 1.50. The van der Waals surface area contributed by atoms with Crippen LogP contribution in [-0.2, 0) is 23.6 Å². The molecule has 150 valence electrons. The zero-order chi connectivity index (χ0) is 20.6. The van der Waals surface area contributed by atoms with Gasteiger partial charge in [0.05, 0.1) is 0 Å². The molecule has 0 aliphatic carbocycles. The van der Waals surface area contributed by atoms with Crippen molar-refractivity contribution in [3.05, 3.63) is 94.8 Å². The minimum atomic E-state index is -0.770. The highest BCUT2D eigenvalue weighted by Gasteiger charge is 2.05. The topological polar surface area (TPSA) is 46.5 Å². The second-order valence-electron chi connectivity index (χ2n) is 6.83. The molecule has 3 aromatic carbocycles. The molecule has 29 heavy (non-hydrogen) atoms. The lowest BCUT2D eigenvalue weighted by atomic mass is 10.0. The summed E-state index contributed by atoms with van der Waals surface area (Å²) in [5, 5.41) is 8.82. The molecule has 0 unspecified atom stereocenters. The summed E-state index contributed by atoms with van der Waals surface area (Å²) in [5.41, 5.74) is 4.32. The van der Waals surface area contributed by atoms with E-state index in [1.165, 1.54) is 22.6 Å². The first-order valence-corrected chi connectivity index (χ1v) is 10.4. The average Bonchev–Trinajstić information content (AvgIpc) is 2.72. The fraction of sp³-hybridized carbons (Fsp3) is 0.208. The van der Waals surface area contributed by atoms with Gasteiger partial charge >= 0.3 is 5.97 Å². The van der Waals surface area contributed by atoms with Crippen molar-refractivity contribution in [1.82, 2.24) is 0 Å². The number of halogens is 1. The predicted octanol–water partition coefficient (Wildman–Crippen LogP) is 6.02. The van der Waals surface area contributed by atoms with Crippen LogP contribution in [0.5, 0.6) is 5.75 Å². The van der Waals surface area contributed by atoms with Crippen LogP contribution in [0.25, 0.3) is 0 Å². The number of benzene rings is 3. The Morgan fingerprint density at radius 2 is 1.69 bits per heavy atom. The summed E-state index contributed by atoms with van der Waals surface area (Å²) in [6.45, 7) is 2.43. The van der Waals surface area contributed by atoms with Gasteiger partial charge in [-0.05, 0) is 72.0 Å². The van der Waals surface area contributed by atoms with Gasteiger partial charge in [0, 0.05) is 17.1 Å². The van der Waals surface area contributed by atoms with Gasteiger partial charge in [-0.2, -0.15) is 0 Å². The molecule has 0 amide bonds. The SMILES string of the molecule is Cc1cc(SCc2ccc(OCc3ccc(F)cc3)cc2)ccc1CCC(=O)O. The molecule has 0 aromatic heterocycles. The maximum absolute atomic E-state index is 12.9. The molecule has 0 radical (unpaired) electrons. The van der Waals surface area contributed by atoms with Crippen LogP contribution in [0.15, 0.2) is 71.6 Å². The molecule has 3 rings (SSSR count). The van der Waals surface area contributed by atoms with Crippen LogP contribution < -0.4 is 4.74 Å². The van der Waals surface area contributed by atoms with E-state index in [9.17, 15) is 9.18 Å². The molecule has 0 saturated carbocycles. The quantitative estimate of drug-likeness (QED) is 0.438. The van der Waals surface area contributed by atoms with E-state index in [2.05, 4.69) is 12.1 Å². The van der Waals surface area contributed by atoms with Crippen molar-refractivity contribution in [2.75, 3.05) is 0 Å². The second kappa shape index (κ2) is 10.1. The number of carbonyl (C=O) groups is 1. The highest BCUT2D eigenvalue weighted by Crippen LogP contribution is 2.26. The third kappa shape index (κ3) is 6.64. The minimum absolute atomic E-state index is 0.156. The summed E-state index contributed by atoms with van der Waals surface area (Å²) in [6, 6.07) is 20.5. The van der Waals surface area contributed by atoms with E-state index in [0.717, 1.165) is 28.2 Å². The zero-order valence-corrected chi connectivity index (χ0v) is 17.0. The number of hydrogen-bond donors (Lipinski definition) is 1. The molecule has 5 heteroatoms. The fourth-order valence-corrected chi connectivity index (χ4v) is 3.83. The molecule has 0 bridgehead atoms. The van der Waals surface area contributed by atoms with E-state index in [1.54, 1.807) is 23.9 Å². The summed E-state index contributed by atoms with van der Waals surface area (Å²) >= 11 is 1.75. The van der Waals surface area contributed by atoms with E-state index >= 15 is 0 Å². The van der Waals surface area contributed by atoms with E-state index in [4.69, 9.17) is 9.84 Å². The number of hydrogen-bond acceptors (Lipinski definition) is 3. The van der Waals surface area contributed by atoms with Gasteiger partial charge < -0.3 is 9.84 Å². The van der Waals surface area contributed by atoms with Crippen molar-refractivity contribution in [3.63, 3.8) is 0 Å². The molecule has 0 aliphatic rings. The normalized spacial score (nSPS) is 10.7. The van der Waals surface area contributed by atoms with Crippen LogP contribution in [0, 0.1) is 12.7 Å². The van der Waals surface area contributed by atoms with Gasteiger partial charge in [-0.3, -0.25) is 4.79 Å². The Bertz CT molecular complexity index is 953. The van der Waals surface area contributed by atoms with Gasteiger partial charge in [-0.15, -0.1) is 11.8 Å². The predicted molar refractivity (Wildman–Crippen MR) is 114 cm³/mol. The molecule has 0 fully saturated rings. The molecule has 1 N–H and O–H groups in total. The van der Waals surface area contributed by atoms with Gasteiger partial charge in [0.15, 0.2) is 0 Å². The molecule has 0 atom stereocenters. The van der Waals surface area contributed by atoms with Gasteiger partial charge in [0.1, 0.15) is 18.2 Å². The summed E-state index contributed by atoms with van der Waals surface area (Å²) in [5.74, 6) is 0.599. The van der Waals surface area contributed by atoms with E-state index < -0.39 is 5.97 Å². The lowest BCUT2D eigenvalue weighted by Crippen LogP contribution is -1.99. The zero-order valence-electron chi connectivity index (χ0n) is 16.2. The van der Waals surface area contributed by atoms with Crippen molar-refractivity contribution in [2.45, 2.75) is 37.0 Å². The van der Waals surface area contributed by atoms with Crippen LogP contribution in [-0.4, -0.2) is 11.1 Å². The number of ether oxygens (including phenoxy) is 1. The van der Waals surface area contributed by atoms with Gasteiger partial charge in [0.2, 0.25) is 0 Å². The molecule has 0 aliphatic heterocycles. The van der Waals surface area contributed by atoms with Crippen LogP contribution >= 0.6 is 11.8 Å². The minimum Gasteiger partial charge on any atom is -0.489 e. The lowest BCUT2D eigenvalue weighted by molar-refractivity contribution is -0.136. The number of carboxylic acid groups (broad SMARTS) is 1. The summed E-state index contributed by atoms with van der Waals surface area (Å²) in [6.07, 6.45) is 0.717. The Morgan fingerprint density at radius 3 is 2.34 bits per heavy atom. The van der Waals surface area contributed by atoms with Crippen molar-refractivity contribution in [2.24, 2.45) is 0 Å². The van der Waals surface area contributed by atoms with Crippen LogP contribution in [0.3, 0.4) is 0 Å². The molecule has 3 nitrogen and oxygen atoms in total. The standard InChI is InChI=1S/C24H23FO3S/c1-17-14-23(12-6-20(17)7-13-24(26)27)29-16-19-4-10-22(11-5-19)28-15-18-2-8-21(25)9-3-18/h2-6,8-12,14H,7,13,15-16H2,1H3,(H,26,27). The van der Waals surface area contributed by atoms with Gasteiger partial charge in [0.25, 0.3) is 0 Å². The maximum Gasteiger partial charge on any atom is 0.303 e. The summed E-state index contributed by atoms with van der Waals surface area (Å²) in [7, 11) is 0. The Hall–Kier alpha value is -2.79. The van der Waals surface area contributed by atoms with Crippen LogP contribution in [0.4, 0.5) is 4.39 Å². The van der Waals surface area contributed by atoms with Crippen molar-refractivity contribution in [1.29, 1.82) is 0 Å². The second-order valence-corrected chi connectivity index (χ2v) is 7.88. The third-order valence-corrected chi connectivity index (χ3v) is 5.63. The van der Waals surface area contributed by atoms with Crippen LogP contribution in [0.1, 0.15) is 28.7 Å². The number of thioether (sulfide) groups is 1. The van der Waals surface area contributed by atoms with Crippen molar-refractivity contribution < 1.29 is 19.0 Å². The largest absolute Gasteiger partial charge is 0.489 e. The molecular weight excluding hydrogens is 387 g/mol. The average molecular weight is 411 g/mol. The smallest absolute Gasteiger partial charge is 0.303 e. The fourth-order valence-electron chi connectivity index (χ4n) is 2.88. The summed E-state index contributed by atoms with van der Waals surface area (Å²) < 4.78 is 18.7. The van der Waals surface area contributed by atoms with Gasteiger partial charge in [-0.1, -0.05) is 30.3 Å². The van der Waals surface area contributed by atoms with E-state index in [-0.39, 0.29) is 12.2 Å². The number of carboxylic acids is 1. The molecular formula is C24H23FO3S. The maximum atomic E-state index is 12.9. The highest BCUT2D eigenvalue weighted by atomic mass is 32.2. The Labute approximate surface area is 174 Å². The molecule has 3 aromatic rings. The first-order chi connectivity index (χ1) is 14.0. The Morgan fingerprint density at radius 1 is 1.00 bits per heavy atom. The first-order valence-electron chi connectivity index (χ1n) is 9.40. The molecule has 0 heterocycles.